The van der Waals surface area contributed by atoms with Gasteiger partial charge in [0.1, 0.15) is 0 Å². The Morgan fingerprint density at radius 1 is 1.55 bits per heavy atom. The minimum Gasteiger partial charge on any atom is -0.478 e. The van der Waals surface area contributed by atoms with Gasteiger partial charge in [0.15, 0.2) is 0 Å². The Morgan fingerprint density at radius 3 is 2.65 bits per heavy atom. The highest BCUT2D eigenvalue weighted by atomic mass is 16.6. The molecule has 8 heteroatoms. The molecule has 2 N–H and O–H groups in total. The van der Waals surface area contributed by atoms with Gasteiger partial charge in [-0.1, -0.05) is 0 Å². The first-order valence-electron chi connectivity index (χ1n) is 6.13. The van der Waals surface area contributed by atoms with Gasteiger partial charge in [-0.05, 0) is 20.3 Å². The molecule has 0 radical (unpaired) electrons. The standard InChI is InChI=1S/C12H17N3O5/c1-8(2)14(4-3-5-16)11-10(15(19)20)6-9(7-13-11)12(17)18/h6-8,16H,3-5H2,1-2H3,(H,17,18). The summed E-state index contributed by atoms with van der Waals surface area (Å²) >= 11 is 0. The predicted octanol–water partition coefficient (Wildman–Crippen LogP) is 1.29. The smallest absolute Gasteiger partial charge is 0.337 e. The number of carbonyl (C=O) groups is 1. The Kier molecular flexibility index (Phi) is 5.39. The molecule has 0 amide bonds. The van der Waals surface area contributed by atoms with E-state index in [-0.39, 0.29) is 29.7 Å². The van der Waals surface area contributed by atoms with Crippen LogP contribution < -0.4 is 4.90 Å². The summed E-state index contributed by atoms with van der Waals surface area (Å²) in [6, 6.07) is 0.933. The molecular formula is C12H17N3O5. The lowest BCUT2D eigenvalue weighted by molar-refractivity contribution is -0.384. The molecule has 8 nitrogen and oxygen atoms in total. The molecule has 20 heavy (non-hydrogen) atoms. The first-order valence-corrected chi connectivity index (χ1v) is 6.13. The number of aliphatic hydroxyl groups excluding tert-OH is 1. The third-order valence-electron chi connectivity index (χ3n) is 2.74. The summed E-state index contributed by atoms with van der Waals surface area (Å²) in [5.74, 6) is -1.15. The summed E-state index contributed by atoms with van der Waals surface area (Å²) in [6.07, 6.45) is 1.54. The van der Waals surface area contributed by atoms with E-state index in [9.17, 15) is 14.9 Å². The molecule has 1 rings (SSSR count). The molecule has 0 spiro atoms. The van der Waals surface area contributed by atoms with Crippen molar-refractivity contribution >= 4 is 17.5 Å². The first kappa shape index (κ1) is 15.8. The van der Waals surface area contributed by atoms with E-state index in [0.717, 1.165) is 12.3 Å². The second-order valence-corrected chi connectivity index (χ2v) is 4.49. The summed E-state index contributed by atoms with van der Waals surface area (Å²) in [5, 5.41) is 28.8. The van der Waals surface area contributed by atoms with Crippen LogP contribution in [0, 0.1) is 10.1 Å². The molecule has 1 aromatic heterocycles. The number of aromatic carboxylic acids is 1. The highest BCUT2D eigenvalue weighted by molar-refractivity contribution is 5.88. The molecule has 0 saturated carbocycles. The van der Waals surface area contributed by atoms with Crippen LogP contribution in [0.5, 0.6) is 0 Å². The van der Waals surface area contributed by atoms with Crippen molar-refractivity contribution in [2.24, 2.45) is 0 Å². The third kappa shape index (κ3) is 3.64. The maximum Gasteiger partial charge on any atom is 0.337 e. The number of nitrogens with zero attached hydrogens (tertiary/aromatic N) is 3. The topological polar surface area (TPSA) is 117 Å². The molecule has 0 fully saturated rings. The van der Waals surface area contributed by atoms with E-state index in [1.165, 1.54) is 0 Å². The second-order valence-electron chi connectivity index (χ2n) is 4.49. The number of hydrogen-bond acceptors (Lipinski definition) is 6. The van der Waals surface area contributed by atoms with Gasteiger partial charge in [0.05, 0.1) is 10.5 Å². The molecule has 0 atom stereocenters. The SMILES string of the molecule is CC(C)N(CCCO)c1ncc(C(=O)O)cc1[N+](=O)[O-]. The van der Waals surface area contributed by atoms with Crippen LogP contribution in [0.15, 0.2) is 12.3 Å². The Bertz CT molecular complexity index is 504. The number of rotatable bonds is 7. The van der Waals surface area contributed by atoms with Crippen LogP contribution in [0.3, 0.4) is 0 Å². The molecule has 0 saturated heterocycles. The normalized spacial score (nSPS) is 10.6. The number of carboxylic acid groups (broad SMARTS) is 1. The lowest BCUT2D eigenvalue weighted by Gasteiger charge is -2.27. The van der Waals surface area contributed by atoms with Crippen LogP contribution in [0.1, 0.15) is 30.6 Å². The van der Waals surface area contributed by atoms with Crippen LogP contribution in [0.25, 0.3) is 0 Å². The van der Waals surface area contributed by atoms with Gasteiger partial charge in [-0.15, -0.1) is 0 Å². The summed E-state index contributed by atoms with van der Waals surface area (Å²) in [6.45, 7) is 4.04. The summed E-state index contributed by atoms with van der Waals surface area (Å²) in [7, 11) is 0. The van der Waals surface area contributed by atoms with Gasteiger partial charge < -0.3 is 15.1 Å². The van der Waals surface area contributed by atoms with Crippen molar-refractivity contribution in [2.45, 2.75) is 26.3 Å². The Morgan fingerprint density at radius 2 is 2.20 bits per heavy atom. The van der Waals surface area contributed by atoms with Gasteiger partial charge in [0, 0.05) is 31.5 Å². The second kappa shape index (κ2) is 6.80. The lowest BCUT2D eigenvalue weighted by Crippen LogP contribution is -2.33. The van der Waals surface area contributed by atoms with E-state index in [2.05, 4.69) is 4.98 Å². The lowest BCUT2D eigenvalue weighted by atomic mass is 10.2. The fraction of sp³-hybridized carbons (Fsp3) is 0.500. The van der Waals surface area contributed by atoms with Crippen molar-refractivity contribution in [1.82, 2.24) is 4.98 Å². The average Bonchev–Trinajstić information content (AvgIpc) is 2.38. The Balaban J connectivity index is 3.26. The number of aromatic nitrogens is 1. The van der Waals surface area contributed by atoms with Gasteiger partial charge in [-0.3, -0.25) is 10.1 Å². The van der Waals surface area contributed by atoms with Crippen molar-refractivity contribution in [3.8, 4) is 0 Å². The van der Waals surface area contributed by atoms with Crippen LogP contribution in [-0.4, -0.2) is 45.3 Å². The van der Waals surface area contributed by atoms with Crippen LogP contribution in [0.4, 0.5) is 11.5 Å². The van der Waals surface area contributed by atoms with Gasteiger partial charge in [0.2, 0.25) is 5.82 Å². The van der Waals surface area contributed by atoms with Crippen molar-refractivity contribution in [1.29, 1.82) is 0 Å². The molecular weight excluding hydrogens is 266 g/mol. The number of aliphatic hydroxyl groups is 1. The Labute approximate surface area is 115 Å². The molecule has 110 valence electrons. The fourth-order valence-electron chi connectivity index (χ4n) is 1.77. The number of pyridine rings is 1. The summed E-state index contributed by atoms with van der Waals surface area (Å²) in [4.78, 5) is 26.9. The first-order chi connectivity index (χ1) is 9.38. The van der Waals surface area contributed by atoms with Crippen molar-refractivity contribution < 1.29 is 19.9 Å². The average molecular weight is 283 g/mol. The number of anilines is 1. The third-order valence-corrected chi connectivity index (χ3v) is 2.74. The Hall–Kier alpha value is -2.22. The van der Waals surface area contributed by atoms with Gasteiger partial charge in [0.25, 0.3) is 0 Å². The van der Waals surface area contributed by atoms with Gasteiger partial charge >= 0.3 is 11.7 Å². The zero-order valence-electron chi connectivity index (χ0n) is 11.3. The maximum absolute atomic E-state index is 11.1. The van der Waals surface area contributed by atoms with Crippen LogP contribution in [0.2, 0.25) is 0 Å². The number of hydrogen-bond donors (Lipinski definition) is 2. The van der Waals surface area contributed by atoms with E-state index in [1.54, 1.807) is 4.90 Å². The zero-order chi connectivity index (χ0) is 15.3. The van der Waals surface area contributed by atoms with Crippen LogP contribution in [-0.2, 0) is 0 Å². The van der Waals surface area contributed by atoms with E-state index in [4.69, 9.17) is 10.2 Å². The van der Waals surface area contributed by atoms with E-state index in [1.807, 2.05) is 13.8 Å². The van der Waals surface area contributed by atoms with Crippen LogP contribution >= 0.6 is 0 Å². The van der Waals surface area contributed by atoms with Crippen molar-refractivity contribution in [3.63, 3.8) is 0 Å². The maximum atomic E-state index is 11.1. The van der Waals surface area contributed by atoms with Crippen molar-refractivity contribution in [2.75, 3.05) is 18.1 Å². The predicted molar refractivity (Wildman–Crippen MR) is 72.0 cm³/mol. The molecule has 0 bridgehead atoms. The molecule has 0 aromatic carbocycles. The van der Waals surface area contributed by atoms with Gasteiger partial charge in [-0.25, -0.2) is 9.78 Å². The molecule has 0 aliphatic carbocycles. The monoisotopic (exact) mass is 283 g/mol. The molecule has 0 aliphatic rings. The minimum absolute atomic E-state index is 0.0375. The molecule has 0 aliphatic heterocycles. The van der Waals surface area contributed by atoms with E-state index >= 15 is 0 Å². The van der Waals surface area contributed by atoms with E-state index in [0.29, 0.717) is 13.0 Å². The summed E-state index contributed by atoms with van der Waals surface area (Å²) in [5.41, 5.74) is -0.581. The number of nitro groups is 1. The van der Waals surface area contributed by atoms with Crippen molar-refractivity contribution in [3.05, 3.63) is 27.9 Å². The molecule has 1 aromatic rings. The quantitative estimate of drug-likeness (QED) is 0.571. The zero-order valence-corrected chi connectivity index (χ0v) is 11.3. The largest absolute Gasteiger partial charge is 0.478 e. The van der Waals surface area contributed by atoms with E-state index < -0.39 is 10.9 Å². The number of carboxylic acids is 1. The molecule has 1 heterocycles. The fourth-order valence-corrected chi connectivity index (χ4v) is 1.77. The highest BCUT2D eigenvalue weighted by Crippen LogP contribution is 2.28. The highest BCUT2D eigenvalue weighted by Gasteiger charge is 2.24. The summed E-state index contributed by atoms with van der Waals surface area (Å²) < 4.78 is 0. The molecule has 0 unspecified atom stereocenters. The minimum atomic E-state index is -1.27. The van der Waals surface area contributed by atoms with Gasteiger partial charge in [-0.2, -0.15) is 0 Å².